The van der Waals surface area contributed by atoms with Gasteiger partial charge in [0.25, 0.3) is 0 Å². The molecule has 90 valence electrons. The largest absolute Gasteiger partial charge is 0.391 e. The Bertz CT molecular complexity index is 384. The van der Waals surface area contributed by atoms with Crippen LogP contribution in [0.15, 0.2) is 16.6 Å². The number of rotatable bonds is 3. The minimum absolute atomic E-state index is 0.135. The smallest absolute Gasteiger partial charge is 0.145 e. The summed E-state index contributed by atoms with van der Waals surface area (Å²) in [5.74, 6) is -1.67. The zero-order valence-electron chi connectivity index (χ0n) is 9.05. The molecule has 1 aromatic rings. The van der Waals surface area contributed by atoms with Gasteiger partial charge in [0, 0.05) is 5.56 Å². The standard InChI is InChI=1S/C11H14BrF2NO/c1-5(2)11(16)10(15)8-7(13)4-3-6(12)9(8)14/h3-5,10-11,16H,15H2,1-2H3/t10-,11+/m1/s1. The van der Waals surface area contributed by atoms with Crippen LogP contribution in [0.25, 0.3) is 0 Å². The summed E-state index contributed by atoms with van der Waals surface area (Å²) in [6.07, 6.45) is -0.988. The van der Waals surface area contributed by atoms with Gasteiger partial charge in [0.05, 0.1) is 16.6 Å². The molecule has 0 aliphatic carbocycles. The monoisotopic (exact) mass is 293 g/mol. The highest BCUT2D eigenvalue weighted by Gasteiger charge is 2.26. The van der Waals surface area contributed by atoms with Crippen LogP contribution >= 0.6 is 15.9 Å². The number of halogens is 3. The lowest BCUT2D eigenvalue weighted by Gasteiger charge is -2.23. The molecule has 0 aliphatic heterocycles. The maximum absolute atomic E-state index is 13.7. The molecule has 0 aliphatic rings. The van der Waals surface area contributed by atoms with Gasteiger partial charge in [-0.15, -0.1) is 0 Å². The molecule has 3 N–H and O–H groups in total. The fourth-order valence-electron chi connectivity index (χ4n) is 1.43. The van der Waals surface area contributed by atoms with Gasteiger partial charge in [-0.05, 0) is 34.0 Å². The average Bonchev–Trinajstić information content (AvgIpc) is 2.22. The molecule has 0 radical (unpaired) electrons. The van der Waals surface area contributed by atoms with Crippen LogP contribution in [0.5, 0.6) is 0 Å². The topological polar surface area (TPSA) is 46.2 Å². The first-order valence-corrected chi connectivity index (χ1v) is 5.72. The molecule has 0 bridgehead atoms. The Labute approximate surface area is 102 Å². The van der Waals surface area contributed by atoms with E-state index in [0.717, 1.165) is 6.07 Å². The van der Waals surface area contributed by atoms with Crippen LogP contribution in [-0.4, -0.2) is 11.2 Å². The van der Waals surface area contributed by atoms with Gasteiger partial charge in [0.15, 0.2) is 0 Å². The maximum atomic E-state index is 13.7. The van der Waals surface area contributed by atoms with Crippen LogP contribution in [0.1, 0.15) is 25.5 Å². The van der Waals surface area contributed by atoms with Crippen molar-refractivity contribution in [3.63, 3.8) is 0 Å². The Morgan fingerprint density at radius 3 is 2.38 bits per heavy atom. The number of hydrogen-bond acceptors (Lipinski definition) is 2. The minimum Gasteiger partial charge on any atom is -0.391 e. The molecular weight excluding hydrogens is 280 g/mol. The zero-order chi connectivity index (χ0) is 12.5. The number of hydrogen-bond donors (Lipinski definition) is 2. The highest BCUT2D eigenvalue weighted by atomic mass is 79.9. The van der Waals surface area contributed by atoms with Crippen LogP contribution in [0.3, 0.4) is 0 Å². The van der Waals surface area contributed by atoms with Crippen LogP contribution in [0, 0.1) is 17.6 Å². The Balaban J connectivity index is 3.17. The van der Waals surface area contributed by atoms with Crippen molar-refractivity contribution in [3.8, 4) is 0 Å². The summed E-state index contributed by atoms with van der Waals surface area (Å²) < 4.78 is 27.2. The summed E-state index contributed by atoms with van der Waals surface area (Å²) in [5, 5.41) is 9.71. The van der Waals surface area contributed by atoms with E-state index < -0.39 is 23.8 Å². The van der Waals surface area contributed by atoms with Gasteiger partial charge in [-0.25, -0.2) is 8.78 Å². The Kier molecular flexibility index (Phi) is 4.41. The summed E-state index contributed by atoms with van der Waals surface area (Å²) >= 11 is 2.96. The fraction of sp³-hybridized carbons (Fsp3) is 0.455. The lowest BCUT2D eigenvalue weighted by atomic mass is 9.94. The molecule has 2 nitrogen and oxygen atoms in total. The quantitative estimate of drug-likeness (QED) is 0.842. The van der Waals surface area contributed by atoms with Crippen molar-refractivity contribution in [2.24, 2.45) is 11.7 Å². The van der Waals surface area contributed by atoms with E-state index in [1.165, 1.54) is 6.07 Å². The number of nitrogens with two attached hydrogens (primary N) is 1. The van der Waals surface area contributed by atoms with E-state index in [2.05, 4.69) is 15.9 Å². The van der Waals surface area contributed by atoms with E-state index in [0.29, 0.717) is 0 Å². The SMILES string of the molecule is CC(C)[C@H](O)[C@H](N)c1c(F)ccc(Br)c1F. The predicted octanol–water partition coefficient (Wildman–Crippen LogP) is 2.74. The lowest BCUT2D eigenvalue weighted by molar-refractivity contribution is 0.0951. The highest BCUT2D eigenvalue weighted by molar-refractivity contribution is 9.10. The second-order valence-electron chi connectivity index (χ2n) is 4.02. The molecule has 0 saturated heterocycles. The Hall–Kier alpha value is -0.520. The molecule has 5 heteroatoms. The van der Waals surface area contributed by atoms with Crippen molar-refractivity contribution in [3.05, 3.63) is 33.8 Å². The molecule has 0 heterocycles. The second kappa shape index (κ2) is 5.21. The van der Waals surface area contributed by atoms with Crippen molar-refractivity contribution in [1.82, 2.24) is 0 Å². The Morgan fingerprint density at radius 1 is 1.31 bits per heavy atom. The molecular formula is C11H14BrF2NO. The van der Waals surface area contributed by atoms with Gasteiger partial charge in [-0.2, -0.15) is 0 Å². The van der Waals surface area contributed by atoms with Gasteiger partial charge < -0.3 is 10.8 Å². The molecule has 0 spiro atoms. The van der Waals surface area contributed by atoms with Gasteiger partial charge in [-0.1, -0.05) is 13.8 Å². The first-order chi connectivity index (χ1) is 7.36. The minimum atomic E-state index is -1.07. The van der Waals surface area contributed by atoms with E-state index in [1.54, 1.807) is 13.8 Å². The highest BCUT2D eigenvalue weighted by Crippen LogP contribution is 2.28. The van der Waals surface area contributed by atoms with Crippen molar-refractivity contribution >= 4 is 15.9 Å². The normalized spacial score (nSPS) is 15.2. The molecule has 0 amide bonds. The van der Waals surface area contributed by atoms with Crippen LogP contribution in [-0.2, 0) is 0 Å². The first kappa shape index (κ1) is 13.5. The molecule has 0 fully saturated rings. The molecule has 0 unspecified atom stereocenters. The average molecular weight is 294 g/mol. The first-order valence-electron chi connectivity index (χ1n) is 4.93. The zero-order valence-corrected chi connectivity index (χ0v) is 10.6. The summed E-state index contributed by atoms with van der Waals surface area (Å²) in [5.41, 5.74) is 5.38. The summed E-state index contributed by atoms with van der Waals surface area (Å²) in [4.78, 5) is 0. The lowest BCUT2D eigenvalue weighted by Crippen LogP contribution is -2.32. The molecule has 0 aromatic heterocycles. The third-order valence-corrected chi connectivity index (χ3v) is 3.08. The third kappa shape index (κ3) is 2.59. The van der Waals surface area contributed by atoms with Crippen LogP contribution < -0.4 is 5.73 Å². The van der Waals surface area contributed by atoms with E-state index in [-0.39, 0.29) is 16.0 Å². The molecule has 16 heavy (non-hydrogen) atoms. The van der Waals surface area contributed by atoms with Gasteiger partial charge in [-0.3, -0.25) is 0 Å². The summed E-state index contributed by atoms with van der Waals surface area (Å²) in [6.45, 7) is 3.47. The van der Waals surface area contributed by atoms with Crippen LogP contribution in [0.2, 0.25) is 0 Å². The van der Waals surface area contributed by atoms with Crippen LogP contribution in [0.4, 0.5) is 8.78 Å². The second-order valence-corrected chi connectivity index (χ2v) is 4.87. The van der Waals surface area contributed by atoms with Crippen molar-refractivity contribution in [2.45, 2.75) is 26.0 Å². The van der Waals surface area contributed by atoms with E-state index >= 15 is 0 Å². The van der Waals surface area contributed by atoms with E-state index in [4.69, 9.17) is 5.73 Å². The van der Waals surface area contributed by atoms with Gasteiger partial charge in [0.2, 0.25) is 0 Å². The summed E-state index contributed by atoms with van der Waals surface area (Å²) in [7, 11) is 0. The van der Waals surface area contributed by atoms with Gasteiger partial charge in [0.1, 0.15) is 11.6 Å². The molecule has 1 aromatic carbocycles. The number of aliphatic hydroxyl groups is 1. The number of aliphatic hydroxyl groups excluding tert-OH is 1. The molecule has 2 atom stereocenters. The van der Waals surface area contributed by atoms with Gasteiger partial charge >= 0.3 is 0 Å². The summed E-state index contributed by atoms with van der Waals surface area (Å²) in [6, 6.07) is 1.32. The van der Waals surface area contributed by atoms with E-state index in [9.17, 15) is 13.9 Å². The fourth-order valence-corrected chi connectivity index (χ4v) is 1.78. The predicted molar refractivity (Wildman–Crippen MR) is 61.8 cm³/mol. The van der Waals surface area contributed by atoms with E-state index in [1.807, 2.05) is 0 Å². The van der Waals surface area contributed by atoms with Crippen molar-refractivity contribution in [2.75, 3.05) is 0 Å². The molecule has 1 rings (SSSR count). The third-order valence-electron chi connectivity index (χ3n) is 2.46. The molecule has 0 saturated carbocycles. The maximum Gasteiger partial charge on any atom is 0.145 e. The van der Waals surface area contributed by atoms with Crippen molar-refractivity contribution in [1.29, 1.82) is 0 Å². The number of benzene rings is 1. The van der Waals surface area contributed by atoms with Crippen molar-refractivity contribution < 1.29 is 13.9 Å². The Morgan fingerprint density at radius 2 is 1.88 bits per heavy atom.